The quantitative estimate of drug-likeness (QED) is 0.764. The number of rotatable bonds is 6. The Kier molecular flexibility index (Phi) is 6.48. The first kappa shape index (κ1) is 16.8. The van der Waals surface area contributed by atoms with E-state index >= 15 is 0 Å². The van der Waals surface area contributed by atoms with Gasteiger partial charge in [0.1, 0.15) is 5.75 Å². The molecule has 0 saturated heterocycles. The molecule has 1 aromatic carbocycles. The van der Waals surface area contributed by atoms with Gasteiger partial charge >= 0.3 is 6.03 Å². The second-order valence-electron chi connectivity index (χ2n) is 4.59. The lowest BCUT2D eigenvalue weighted by Gasteiger charge is -2.16. The standard InChI is InChI=1S/C14H21N3O4/c1-10(21-16-14(19)17(2)3)13(18)15-9-11-7-5-6-8-12(11)20-4/h5-8,10H,9H2,1-4H3,(H,15,18)(H,16,19). The van der Waals surface area contributed by atoms with Crippen molar-refractivity contribution in [1.82, 2.24) is 15.7 Å². The van der Waals surface area contributed by atoms with Gasteiger partial charge in [-0.3, -0.25) is 9.63 Å². The normalized spacial score (nSPS) is 11.4. The van der Waals surface area contributed by atoms with Crippen molar-refractivity contribution in [3.8, 4) is 5.75 Å². The summed E-state index contributed by atoms with van der Waals surface area (Å²) < 4.78 is 5.20. The minimum absolute atomic E-state index is 0.318. The van der Waals surface area contributed by atoms with Crippen molar-refractivity contribution in [3.05, 3.63) is 29.8 Å². The Hall–Kier alpha value is -2.28. The Morgan fingerprint density at radius 2 is 1.95 bits per heavy atom. The molecule has 1 rings (SSSR count). The molecule has 0 radical (unpaired) electrons. The van der Waals surface area contributed by atoms with Crippen LogP contribution in [0.3, 0.4) is 0 Å². The molecular weight excluding hydrogens is 274 g/mol. The molecule has 7 heteroatoms. The summed E-state index contributed by atoms with van der Waals surface area (Å²) in [6, 6.07) is 6.96. The van der Waals surface area contributed by atoms with E-state index in [1.807, 2.05) is 24.3 Å². The van der Waals surface area contributed by atoms with Gasteiger partial charge < -0.3 is 15.0 Å². The van der Waals surface area contributed by atoms with Gasteiger partial charge in [-0.15, -0.1) is 0 Å². The first-order chi connectivity index (χ1) is 9.95. The van der Waals surface area contributed by atoms with Crippen molar-refractivity contribution >= 4 is 11.9 Å². The molecule has 21 heavy (non-hydrogen) atoms. The third-order valence-corrected chi connectivity index (χ3v) is 2.74. The lowest BCUT2D eigenvalue weighted by molar-refractivity contribution is -0.135. The minimum Gasteiger partial charge on any atom is -0.496 e. The lowest BCUT2D eigenvalue weighted by atomic mass is 10.2. The maximum atomic E-state index is 11.9. The number of benzene rings is 1. The Morgan fingerprint density at radius 3 is 2.57 bits per heavy atom. The first-order valence-electron chi connectivity index (χ1n) is 6.48. The van der Waals surface area contributed by atoms with Crippen LogP contribution >= 0.6 is 0 Å². The summed E-state index contributed by atoms with van der Waals surface area (Å²) in [4.78, 5) is 29.4. The zero-order chi connectivity index (χ0) is 15.8. The second-order valence-corrected chi connectivity index (χ2v) is 4.59. The summed E-state index contributed by atoms with van der Waals surface area (Å²) in [5, 5.41) is 2.72. The molecule has 0 aliphatic rings. The Labute approximate surface area is 124 Å². The van der Waals surface area contributed by atoms with Gasteiger partial charge in [-0.1, -0.05) is 18.2 Å². The highest BCUT2D eigenvalue weighted by Gasteiger charge is 2.16. The molecule has 1 atom stereocenters. The van der Waals surface area contributed by atoms with Crippen LogP contribution in [0.2, 0.25) is 0 Å². The smallest absolute Gasteiger partial charge is 0.340 e. The summed E-state index contributed by atoms with van der Waals surface area (Å²) in [6.07, 6.45) is -0.802. The molecule has 7 nitrogen and oxygen atoms in total. The molecule has 1 aromatic rings. The highest BCUT2D eigenvalue weighted by atomic mass is 16.7. The van der Waals surface area contributed by atoms with Crippen LogP contribution in [0.1, 0.15) is 12.5 Å². The van der Waals surface area contributed by atoms with Crippen LogP contribution in [0.5, 0.6) is 5.75 Å². The molecular formula is C14H21N3O4. The van der Waals surface area contributed by atoms with Gasteiger partial charge in [0.05, 0.1) is 7.11 Å². The SMILES string of the molecule is COc1ccccc1CNC(=O)C(C)ONC(=O)N(C)C. The van der Waals surface area contributed by atoms with Gasteiger partial charge in [0.15, 0.2) is 6.10 Å². The van der Waals surface area contributed by atoms with Crippen molar-refractivity contribution in [1.29, 1.82) is 0 Å². The molecule has 0 saturated carbocycles. The molecule has 0 aromatic heterocycles. The number of nitrogens with one attached hydrogen (secondary N) is 2. The average molecular weight is 295 g/mol. The minimum atomic E-state index is -0.802. The van der Waals surface area contributed by atoms with E-state index in [0.717, 1.165) is 5.56 Å². The molecule has 0 bridgehead atoms. The topological polar surface area (TPSA) is 79.9 Å². The third-order valence-electron chi connectivity index (χ3n) is 2.74. The number of amides is 3. The number of nitrogens with zero attached hydrogens (tertiary/aromatic N) is 1. The molecule has 0 aliphatic carbocycles. The third kappa shape index (κ3) is 5.31. The molecule has 1 unspecified atom stereocenters. The van der Waals surface area contributed by atoms with Crippen molar-refractivity contribution in [2.75, 3.05) is 21.2 Å². The molecule has 0 aliphatic heterocycles. The Bertz CT molecular complexity index is 491. The van der Waals surface area contributed by atoms with Gasteiger partial charge in [0, 0.05) is 26.2 Å². The predicted octanol–water partition coefficient (Wildman–Crippen LogP) is 0.903. The highest BCUT2D eigenvalue weighted by molar-refractivity contribution is 5.80. The molecule has 2 N–H and O–H groups in total. The molecule has 116 valence electrons. The van der Waals surface area contributed by atoms with Crippen LogP contribution in [-0.4, -0.2) is 44.1 Å². The number of hydrogen-bond acceptors (Lipinski definition) is 4. The van der Waals surface area contributed by atoms with Crippen molar-refractivity contribution in [3.63, 3.8) is 0 Å². The van der Waals surface area contributed by atoms with Gasteiger partial charge in [-0.25, -0.2) is 10.3 Å². The Morgan fingerprint density at radius 1 is 1.29 bits per heavy atom. The molecule has 0 heterocycles. The number of carbonyl (C=O) groups is 2. The van der Waals surface area contributed by atoms with E-state index in [-0.39, 0.29) is 5.91 Å². The van der Waals surface area contributed by atoms with Crippen molar-refractivity contribution in [2.24, 2.45) is 0 Å². The monoisotopic (exact) mass is 295 g/mol. The van der Waals surface area contributed by atoms with Crippen LogP contribution in [0.25, 0.3) is 0 Å². The summed E-state index contributed by atoms with van der Waals surface area (Å²) in [5.74, 6) is 0.368. The number of ether oxygens (including phenoxy) is 1. The first-order valence-corrected chi connectivity index (χ1v) is 6.48. The fourth-order valence-corrected chi connectivity index (χ4v) is 1.46. The number of methoxy groups -OCH3 is 1. The number of carbonyl (C=O) groups excluding carboxylic acids is 2. The molecule has 0 spiro atoms. The predicted molar refractivity (Wildman–Crippen MR) is 77.6 cm³/mol. The average Bonchev–Trinajstić information content (AvgIpc) is 2.49. The van der Waals surface area contributed by atoms with Crippen LogP contribution < -0.4 is 15.5 Å². The summed E-state index contributed by atoms with van der Waals surface area (Å²) in [5.41, 5.74) is 3.04. The lowest BCUT2D eigenvalue weighted by Crippen LogP contribution is -2.42. The van der Waals surface area contributed by atoms with E-state index in [1.165, 1.54) is 4.90 Å². The van der Waals surface area contributed by atoms with Gasteiger partial charge in [0.25, 0.3) is 5.91 Å². The second kappa shape index (κ2) is 8.11. The van der Waals surface area contributed by atoms with Gasteiger partial charge in [-0.05, 0) is 13.0 Å². The number of urea groups is 1. The zero-order valence-electron chi connectivity index (χ0n) is 12.7. The van der Waals surface area contributed by atoms with E-state index in [1.54, 1.807) is 28.1 Å². The molecule has 0 fully saturated rings. The van der Waals surface area contributed by atoms with Crippen molar-refractivity contribution < 1.29 is 19.2 Å². The maximum absolute atomic E-state index is 11.9. The summed E-state index contributed by atoms with van der Waals surface area (Å²) in [7, 11) is 4.72. The summed E-state index contributed by atoms with van der Waals surface area (Å²) >= 11 is 0. The van der Waals surface area contributed by atoms with Gasteiger partial charge in [0.2, 0.25) is 0 Å². The van der Waals surface area contributed by atoms with E-state index in [9.17, 15) is 9.59 Å². The fraction of sp³-hybridized carbons (Fsp3) is 0.429. The molecule has 3 amide bonds. The van der Waals surface area contributed by atoms with Gasteiger partial charge in [-0.2, -0.15) is 0 Å². The largest absolute Gasteiger partial charge is 0.496 e. The number of para-hydroxylation sites is 1. The van der Waals surface area contributed by atoms with E-state index in [4.69, 9.17) is 9.57 Å². The summed E-state index contributed by atoms with van der Waals surface area (Å²) in [6.45, 7) is 1.87. The van der Waals surface area contributed by atoms with Crippen LogP contribution in [0.15, 0.2) is 24.3 Å². The van der Waals surface area contributed by atoms with Crippen LogP contribution in [0.4, 0.5) is 4.79 Å². The number of hydrogen-bond donors (Lipinski definition) is 2. The van der Waals surface area contributed by atoms with Crippen LogP contribution in [0, 0.1) is 0 Å². The number of hydroxylamine groups is 1. The van der Waals surface area contributed by atoms with Crippen molar-refractivity contribution in [2.45, 2.75) is 19.6 Å². The fourth-order valence-electron chi connectivity index (χ4n) is 1.46. The highest BCUT2D eigenvalue weighted by Crippen LogP contribution is 2.16. The van der Waals surface area contributed by atoms with E-state index in [2.05, 4.69) is 10.8 Å². The van der Waals surface area contributed by atoms with Crippen LogP contribution in [-0.2, 0) is 16.2 Å². The maximum Gasteiger partial charge on any atom is 0.340 e. The van der Waals surface area contributed by atoms with E-state index in [0.29, 0.717) is 12.3 Å². The van der Waals surface area contributed by atoms with E-state index < -0.39 is 12.1 Å². The Balaban J connectivity index is 2.44. The zero-order valence-corrected chi connectivity index (χ0v) is 12.7.